The summed E-state index contributed by atoms with van der Waals surface area (Å²) >= 11 is 0. The molecule has 0 aromatic heterocycles. The summed E-state index contributed by atoms with van der Waals surface area (Å²) in [6.45, 7) is 5.52. The van der Waals surface area contributed by atoms with Gasteiger partial charge in [0.2, 0.25) is 0 Å². The molecular formula is C26H30O6. The van der Waals surface area contributed by atoms with Crippen LogP contribution in [0, 0.1) is 5.92 Å². The molecule has 0 heterocycles. The molecule has 170 valence electrons. The molecule has 1 aliphatic rings. The zero-order valence-electron chi connectivity index (χ0n) is 19.1. The Balaban J connectivity index is 1.61. The molecule has 32 heavy (non-hydrogen) atoms. The highest BCUT2D eigenvalue weighted by molar-refractivity contribution is 5.81. The zero-order valence-corrected chi connectivity index (χ0v) is 19.1. The molecule has 0 N–H and O–H groups in total. The smallest absolute Gasteiger partial charge is 0.309 e. The Bertz CT molecular complexity index is 942. The van der Waals surface area contributed by atoms with E-state index in [0.717, 1.165) is 22.3 Å². The molecule has 0 fully saturated rings. The molecule has 0 aliphatic heterocycles. The van der Waals surface area contributed by atoms with Crippen molar-refractivity contribution in [3.63, 3.8) is 0 Å². The molecule has 6 nitrogen and oxygen atoms in total. The van der Waals surface area contributed by atoms with Crippen LogP contribution in [0.5, 0.6) is 0 Å². The molecule has 2 aromatic rings. The fraction of sp³-hybridized carbons (Fsp3) is 0.423. The van der Waals surface area contributed by atoms with Crippen molar-refractivity contribution in [2.45, 2.75) is 51.6 Å². The van der Waals surface area contributed by atoms with Crippen LogP contribution in [-0.2, 0) is 28.6 Å². The van der Waals surface area contributed by atoms with E-state index in [1.54, 1.807) is 20.8 Å². The lowest BCUT2D eigenvalue weighted by Gasteiger charge is -2.20. The Hall–Kier alpha value is -3.15. The molecule has 1 atom stereocenters. The Morgan fingerprint density at radius 1 is 0.906 bits per heavy atom. The second kappa shape index (κ2) is 9.98. The Morgan fingerprint density at radius 2 is 1.47 bits per heavy atom. The van der Waals surface area contributed by atoms with Crippen molar-refractivity contribution in [1.82, 2.24) is 0 Å². The number of esters is 3. The van der Waals surface area contributed by atoms with Crippen LogP contribution in [0.25, 0.3) is 11.1 Å². The second-order valence-electron chi connectivity index (χ2n) is 8.96. The van der Waals surface area contributed by atoms with E-state index < -0.39 is 29.4 Å². The van der Waals surface area contributed by atoms with E-state index in [4.69, 9.17) is 14.2 Å². The summed E-state index contributed by atoms with van der Waals surface area (Å²) in [5, 5.41) is 0. The van der Waals surface area contributed by atoms with Crippen LogP contribution in [0.15, 0.2) is 48.5 Å². The molecule has 0 radical (unpaired) electrons. The molecule has 0 spiro atoms. The van der Waals surface area contributed by atoms with E-state index in [9.17, 15) is 14.4 Å². The fourth-order valence-corrected chi connectivity index (χ4v) is 4.03. The van der Waals surface area contributed by atoms with Crippen LogP contribution in [0.1, 0.15) is 57.1 Å². The summed E-state index contributed by atoms with van der Waals surface area (Å²) in [5.41, 5.74) is 3.93. The van der Waals surface area contributed by atoms with Crippen LogP contribution < -0.4 is 0 Å². The maximum absolute atomic E-state index is 12.6. The van der Waals surface area contributed by atoms with Crippen LogP contribution in [0.4, 0.5) is 0 Å². The van der Waals surface area contributed by atoms with Crippen molar-refractivity contribution in [2.24, 2.45) is 5.92 Å². The van der Waals surface area contributed by atoms with Gasteiger partial charge >= 0.3 is 17.9 Å². The third-order valence-corrected chi connectivity index (χ3v) is 5.44. The first-order valence-corrected chi connectivity index (χ1v) is 10.8. The maximum Gasteiger partial charge on any atom is 0.309 e. The summed E-state index contributed by atoms with van der Waals surface area (Å²) < 4.78 is 15.7. The van der Waals surface area contributed by atoms with Gasteiger partial charge in [-0.1, -0.05) is 48.5 Å². The highest BCUT2D eigenvalue weighted by atomic mass is 16.6. The molecule has 0 saturated carbocycles. The van der Waals surface area contributed by atoms with E-state index in [0.29, 0.717) is 0 Å². The van der Waals surface area contributed by atoms with Gasteiger partial charge in [0.1, 0.15) is 12.2 Å². The number of carbonyl (C=O) groups is 3. The van der Waals surface area contributed by atoms with Crippen molar-refractivity contribution < 1.29 is 28.6 Å². The number of methoxy groups -OCH3 is 1. The second-order valence-corrected chi connectivity index (χ2v) is 8.96. The third-order valence-electron chi connectivity index (χ3n) is 5.44. The van der Waals surface area contributed by atoms with Gasteiger partial charge < -0.3 is 14.2 Å². The van der Waals surface area contributed by atoms with E-state index >= 15 is 0 Å². The quantitative estimate of drug-likeness (QED) is 0.441. The Kier molecular flexibility index (Phi) is 7.33. The van der Waals surface area contributed by atoms with Crippen molar-refractivity contribution in [3.8, 4) is 11.1 Å². The highest BCUT2D eigenvalue weighted by Gasteiger charge is 2.30. The molecule has 0 unspecified atom stereocenters. The molecule has 3 rings (SSSR count). The van der Waals surface area contributed by atoms with E-state index in [2.05, 4.69) is 12.1 Å². The molecule has 0 bridgehead atoms. The lowest BCUT2D eigenvalue weighted by Crippen LogP contribution is -2.26. The van der Waals surface area contributed by atoms with Gasteiger partial charge in [-0.15, -0.1) is 0 Å². The van der Waals surface area contributed by atoms with Crippen LogP contribution in [-0.4, -0.2) is 37.2 Å². The number of benzene rings is 2. The van der Waals surface area contributed by atoms with Crippen molar-refractivity contribution in [2.75, 3.05) is 13.7 Å². The number of ether oxygens (including phenoxy) is 3. The summed E-state index contributed by atoms with van der Waals surface area (Å²) in [6.07, 6.45) is 0.0327. The monoisotopic (exact) mass is 438 g/mol. The highest BCUT2D eigenvalue weighted by Crippen LogP contribution is 2.44. The number of hydrogen-bond donors (Lipinski definition) is 0. The standard InChI is InChI=1S/C26H30O6/c1-26(2,3)32-23(27)14-13-17(25(29)30-4)15-24(28)31-16-22-20-11-7-5-9-18(20)19-10-6-8-12-21(19)22/h5-12,17,22H,13-16H2,1-4H3/t17-/m1/s1. The summed E-state index contributed by atoms with van der Waals surface area (Å²) in [4.78, 5) is 36.7. The van der Waals surface area contributed by atoms with Gasteiger partial charge in [-0.3, -0.25) is 14.4 Å². The predicted molar refractivity (Wildman–Crippen MR) is 120 cm³/mol. The number of fused-ring (bicyclic) bond motifs is 3. The lowest BCUT2D eigenvalue weighted by molar-refractivity contribution is -0.158. The van der Waals surface area contributed by atoms with Gasteiger partial charge in [0, 0.05) is 12.3 Å². The van der Waals surface area contributed by atoms with Gasteiger partial charge in [-0.05, 0) is 49.4 Å². The number of carbonyl (C=O) groups excluding carboxylic acids is 3. The van der Waals surface area contributed by atoms with Gasteiger partial charge in [-0.2, -0.15) is 0 Å². The minimum Gasteiger partial charge on any atom is -0.469 e. The zero-order chi connectivity index (χ0) is 23.3. The molecule has 2 aromatic carbocycles. The molecular weight excluding hydrogens is 408 g/mol. The normalized spacial score (nSPS) is 13.6. The lowest BCUT2D eigenvalue weighted by atomic mass is 9.97. The van der Waals surface area contributed by atoms with Gasteiger partial charge in [0.15, 0.2) is 0 Å². The van der Waals surface area contributed by atoms with Gasteiger partial charge in [0.25, 0.3) is 0 Å². The van der Waals surface area contributed by atoms with Crippen molar-refractivity contribution in [3.05, 3.63) is 59.7 Å². The minimum absolute atomic E-state index is 0.0215. The summed E-state index contributed by atoms with van der Waals surface area (Å²) in [5.74, 6) is -2.26. The molecule has 0 amide bonds. The average Bonchev–Trinajstić information content (AvgIpc) is 3.07. The van der Waals surface area contributed by atoms with Crippen LogP contribution in [0.2, 0.25) is 0 Å². The van der Waals surface area contributed by atoms with Gasteiger partial charge in [0.05, 0.1) is 19.4 Å². The number of hydrogen-bond acceptors (Lipinski definition) is 6. The molecule has 1 aliphatic carbocycles. The molecule has 6 heteroatoms. The van der Waals surface area contributed by atoms with Crippen molar-refractivity contribution in [1.29, 1.82) is 0 Å². The first-order chi connectivity index (χ1) is 15.2. The fourth-order valence-electron chi connectivity index (χ4n) is 4.03. The Labute approximate surface area is 188 Å². The minimum atomic E-state index is -0.761. The maximum atomic E-state index is 12.6. The van der Waals surface area contributed by atoms with Crippen LogP contribution in [0.3, 0.4) is 0 Å². The third kappa shape index (κ3) is 5.75. The number of rotatable bonds is 8. The summed E-state index contributed by atoms with van der Waals surface area (Å²) in [7, 11) is 1.26. The van der Waals surface area contributed by atoms with E-state index in [1.807, 2.05) is 36.4 Å². The first-order valence-electron chi connectivity index (χ1n) is 10.8. The topological polar surface area (TPSA) is 78.9 Å². The van der Waals surface area contributed by atoms with Gasteiger partial charge in [-0.25, -0.2) is 0 Å². The first kappa shape index (κ1) is 23.5. The summed E-state index contributed by atoms with van der Waals surface area (Å²) in [6, 6.07) is 16.2. The van der Waals surface area contributed by atoms with Crippen LogP contribution >= 0.6 is 0 Å². The largest absolute Gasteiger partial charge is 0.469 e. The van der Waals surface area contributed by atoms with E-state index in [-0.39, 0.29) is 31.8 Å². The van der Waals surface area contributed by atoms with Crippen molar-refractivity contribution >= 4 is 17.9 Å². The SMILES string of the molecule is COC(=O)[C@H](CCC(=O)OC(C)(C)C)CC(=O)OCC1c2ccccc2-c2ccccc21. The molecule has 0 saturated heterocycles. The van der Waals surface area contributed by atoms with E-state index in [1.165, 1.54) is 7.11 Å². The predicted octanol–water partition coefficient (Wildman–Crippen LogP) is 4.64. The average molecular weight is 439 g/mol. The Morgan fingerprint density at radius 3 is 2.00 bits per heavy atom.